The summed E-state index contributed by atoms with van der Waals surface area (Å²) >= 11 is 0. The molecule has 0 fully saturated rings. The second kappa shape index (κ2) is 6.30. The quantitative estimate of drug-likeness (QED) is 0.781. The summed E-state index contributed by atoms with van der Waals surface area (Å²) in [6.07, 6.45) is 0.335. The number of carbonyl (C=O) groups excluding carboxylic acids is 1. The molecule has 1 unspecified atom stereocenters. The van der Waals surface area contributed by atoms with E-state index in [1.54, 1.807) is 0 Å². The molecule has 1 aliphatic carbocycles. The van der Waals surface area contributed by atoms with Crippen molar-refractivity contribution in [3.8, 4) is 11.1 Å². The summed E-state index contributed by atoms with van der Waals surface area (Å²) in [6, 6.07) is 14.2. The van der Waals surface area contributed by atoms with Gasteiger partial charge in [-0.1, -0.05) is 42.5 Å². The predicted octanol–water partition coefficient (Wildman–Crippen LogP) is 1.41. The fraction of sp³-hybridized carbons (Fsp3) is 0.278. The van der Waals surface area contributed by atoms with Crippen LogP contribution in [-0.2, 0) is 11.2 Å². The van der Waals surface area contributed by atoms with Gasteiger partial charge in [0, 0.05) is 19.0 Å². The molecule has 2 aromatic rings. The van der Waals surface area contributed by atoms with Gasteiger partial charge < -0.3 is 16.2 Å². The first kappa shape index (κ1) is 14.8. The maximum atomic E-state index is 11.8. The summed E-state index contributed by atoms with van der Waals surface area (Å²) in [5.74, 6) is -0.0280. The molecular weight excluding hydrogens is 276 g/mol. The molecule has 1 aliphatic rings. The largest absolute Gasteiger partial charge is 0.395 e. The number of rotatable bonds is 5. The summed E-state index contributed by atoms with van der Waals surface area (Å²) in [6.45, 7) is 1.01. The maximum absolute atomic E-state index is 11.8. The number of amides is 1. The molecule has 0 heterocycles. The monoisotopic (exact) mass is 296 g/mol. The molecule has 0 bridgehead atoms. The minimum atomic E-state index is -0.0264. The lowest BCUT2D eigenvalue weighted by Crippen LogP contribution is -2.30. The lowest BCUT2D eigenvalue weighted by atomic mass is 9.96. The molecule has 22 heavy (non-hydrogen) atoms. The highest BCUT2D eigenvalue weighted by atomic mass is 16.3. The second-order valence-corrected chi connectivity index (χ2v) is 5.56. The van der Waals surface area contributed by atoms with Crippen LogP contribution in [0.5, 0.6) is 0 Å². The van der Waals surface area contributed by atoms with Crippen molar-refractivity contribution in [2.24, 2.45) is 5.73 Å². The van der Waals surface area contributed by atoms with Crippen LogP contribution < -0.4 is 11.1 Å². The third kappa shape index (κ3) is 2.63. The molecule has 4 N–H and O–H groups in total. The highest BCUT2D eigenvalue weighted by Gasteiger charge is 2.27. The predicted molar refractivity (Wildman–Crippen MR) is 86.6 cm³/mol. The Kier molecular flexibility index (Phi) is 4.22. The smallest absolute Gasteiger partial charge is 0.224 e. The number of benzene rings is 2. The van der Waals surface area contributed by atoms with E-state index in [1.807, 2.05) is 24.3 Å². The van der Waals surface area contributed by atoms with E-state index in [2.05, 4.69) is 23.5 Å². The van der Waals surface area contributed by atoms with Crippen LogP contribution in [0.2, 0.25) is 0 Å². The van der Waals surface area contributed by atoms with Crippen LogP contribution in [0.4, 0.5) is 0 Å². The number of hydrogen-bond donors (Lipinski definition) is 3. The number of aliphatic hydroxyl groups is 1. The Labute approximate surface area is 130 Å². The third-order valence-electron chi connectivity index (χ3n) is 4.13. The summed E-state index contributed by atoms with van der Waals surface area (Å²) < 4.78 is 0. The van der Waals surface area contributed by atoms with E-state index in [4.69, 9.17) is 5.73 Å². The zero-order valence-corrected chi connectivity index (χ0v) is 12.4. The Hall–Kier alpha value is -2.17. The molecule has 0 saturated heterocycles. The van der Waals surface area contributed by atoms with Gasteiger partial charge in [-0.05, 0) is 27.8 Å². The molecule has 0 radical (unpaired) electrons. The molecule has 0 spiro atoms. The highest BCUT2D eigenvalue weighted by Crippen LogP contribution is 2.44. The fourth-order valence-electron chi connectivity index (χ4n) is 3.13. The van der Waals surface area contributed by atoms with Crippen molar-refractivity contribution >= 4 is 5.91 Å². The normalized spacial score (nSPS) is 15.3. The Morgan fingerprint density at radius 1 is 1.14 bits per heavy atom. The Bertz CT molecular complexity index is 697. The summed E-state index contributed by atoms with van der Waals surface area (Å²) in [5, 5.41) is 12.5. The van der Waals surface area contributed by atoms with Gasteiger partial charge in [0.25, 0.3) is 0 Å². The first-order valence-corrected chi connectivity index (χ1v) is 7.54. The first-order chi connectivity index (χ1) is 10.7. The van der Waals surface area contributed by atoms with E-state index in [-0.39, 0.29) is 18.4 Å². The van der Waals surface area contributed by atoms with Gasteiger partial charge in [0.15, 0.2) is 0 Å². The van der Waals surface area contributed by atoms with Crippen molar-refractivity contribution in [1.82, 2.24) is 5.32 Å². The van der Waals surface area contributed by atoms with Crippen LogP contribution in [-0.4, -0.2) is 30.7 Å². The number of nitrogens with two attached hydrogens (primary N) is 1. The summed E-state index contributed by atoms with van der Waals surface area (Å²) in [5.41, 5.74) is 10.9. The first-order valence-electron chi connectivity index (χ1n) is 7.54. The van der Waals surface area contributed by atoms with Crippen molar-refractivity contribution in [1.29, 1.82) is 0 Å². The lowest BCUT2D eigenvalue weighted by Gasteiger charge is -2.11. The SMILES string of the molecule is NCCNC(=O)Cc1ccc2c(c1)C(CO)c1ccccc1-2. The van der Waals surface area contributed by atoms with Gasteiger partial charge in [-0.25, -0.2) is 0 Å². The van der Waals surface area contributed by atoms with Gasteiger partial charge >= 0.3 is 0 Å². The summed E-state index contributed by atoms with van der Waals surface area (Å²) in [7, 11) is 0. The third-order valence-corrected chi connectivity index (χ3v) is 4.13. The van der Waals surface area contributed by atoms with Crippen molar-refractivity contribution in [2.75, 3.05) is 19.7 Å². The van der Waals surface area contributed by atoms with E-state index in [0.717, 1.165) is 22.3 Å². The Balaban J connectivity index is 1.89. The molecule has 0 aromatic heterocycles. The number of carbonyl (C=O) groups is 1. The molecule has 114 valence electrons. The molecule has 1 atom stereocenters. The van der Waals surface area contributed by atoms with Crippen molar-refractivity contribution < 1.29 is 9.90 Å². The van der Waals surface area contributed by atoms with E-state index >= 15 is 0 Å². The molecule has 1 amide bonds. The average molecular weight is 296 g/mol. The van der Waals surface area contributed by atoms with Crippen LogP contribution in [0, 0.1) is 0 Å². The molecule has 2 aromatic carbocycles. The Morgan fingerprint density at radius 2 is 1.91 bits per heavy atom. The minimum absolute atomic E-state index is 0.00162. The molecular formula is C18H20N2O2. The summed E-state index contributed by atoms with van der Waals surface area (Å²) in [4.78, 5) is 11.8. The number of fused-ring (bicyclic) bond motifs is 3. The van der Waals surface area contributed by atoms with E-state index in [9.17, 15) is 9.90 Å². The molecule has 4 heteroatoms. The van der Waals surface area contributed by atoms with Crippen LogP contribution >= 0.6 is 0 Å². The van der Waals surface area contributed by atoms with Crippen molar-refractivity contribution in [3.05, 3.63) is 59.2 Å². The van der Waals surface area contributed by atoms with Gasteiger partial charge in [-0.15, -0.1) is 0 Å². The lowest BCUT2D eigenvalue weighted by molar-refractivity contribution is -0.120. The van der Waals surface area contributed by atoms with Gasteiger partial charge in [0.2, 0.25) is 5.91 Å². The van der Waals surface area contributed by atoms with E-state index in [1.165, 1.54) is 5.56 Å². The van der Waals surface area contributed by atoms with Gasteiger partial charge in [-0.2, -0.15) is 0 Å². The average Bonchev–Trinajstić information content (AvgIpc) is 2.86. The van der Waals surface area contributed by atoms with Crippen molar-refractivity contribution in [3.63, 3.8) is 0 Å². The van der Waals surface area contributed by atoms with Crippen molar-refractivity contribution in [2.45, 2.75) is 12.3 Å². The zero-order valence-electron chi connectivity index (χ0n) is 12.4. The molecule has 0 saturated carbocycles. The topological polar surface area (TPSA) is 75.3 Å². The van der Waals surface area contributed by atoms with E-state index in [0.29, 0.717) is 19.5 Å². The minimum Gasteiger partial charge on any atom is -0.395 e. The molecule has 3 rings (SSSR count). The van der Waals surface area contributed by atoms with Gasteiger partial charge in [0.1, 0.15) is 0 Å². The maximum Gasteiger partial charge on any atom is 0.224 e. The van der Waals surface area contributed by atoms with Crippen LogP contribution in [0.1, 0.15) is 22.6 Å². The standard InChI is InChI=1S/C18H20N2O2/c19-7-8-20-18(22)10-12-5-6-15-13-3-1-2-4-14(13)17(11-21)16(15)9-12/h1-6,9,17,21H,7-8,10-11,19H2,(H,20,22). The highest BCUT2D eigenvalue weighted by molar-refractivity contribution is 5.82. The fourth-order valence-corrected chi connectivity index (χ4v) is 3.13. The van der Waals surface area contributed by atoms with Gasteiger partial charge in [-0.3, -0.25) is 4.79 Å². The van der Waals surface area contributed by atoms with Crippen LogP contribution in [0.3, 0.4) is 0 Å². The Morgan fingerprint density at radius 3 is 2.68 bits per heavy atom. The zero-order chi connectivity index (χ0) is 15.5. The van der Waals surface area contributed by atoms with Crippen LogP contribution in [0.15, 0.2) is 42.5 Å². The number of nitrogens with one attached hydrogen (secondary N) is 1. The molecule has 4 nitrogen and oxygen atoms in total. The van der Waals surface area contributed by atoms with E-state index < -0.39 is 0 Å². The number of hydrogen-bond acceptors (Lipinski definition) is 3. The van der Waals surface area contributed by atoms with Gasteiger partial charge in [0.05, 0.1) is 13.0 Å². The molecule has 0 aliphatic heterocycles. The van der Waals surface area contributed by atoms with Crippen LogP contribution in [0.25, 0.3) is 11.1 Å². The number of aliphatic hydroxyl groups excluding tert-OH is 1. The second-order valence-electron chi connectivity index (χ2n) is 5.56.